The van der Waals surface area contributed by atoms with E-state index in [9.17, 15) is 14.7 Å². The van der Waals surface area contributed by atoms with Crippen LogP contribution in [0.3, 0.4) is 0 Å². The fraction of sp³-hybridized carbons (Fsp3) is 0.684. The van der Waals surface area contributed by atoms with Crippen LogP contribution in [0.25, 0.3) is 0 Å². The highest BCUT2D eigenvalue weighted by Crippen LogP contribution is 2.38. The summed E-state index contributed by atoms with van der Waals surface area (Å²) in [5.41, 5.74) is -0.178. The molecule has 2 rings (SSSR count). The summed E-state index contributed by atoms with van der Waals surface area (Å²) in [6.45, 7) is 4.85. The van der Waals surface area contributed by atoms with Crippen LogP contribution in [0.15, 0.2) is 0 Å². The normalized spacial score (nSPS) is 16.2. The topological polar surface area (TPSA) is 97.9 Å². The number of hydrogen-bond acceptors (Lipinski definition) is 5. The standard InChI is InChI=1S/C19H29NO6/c1-3-5-6-7-8-9-10-13-11-25-16-14(18(21)22)20-15(17(16)26-12-13)19(23)24-4-2/h13,20H,3-12H2,1-2H3,(H,21,22). The van der Waals surface area contributed by atoms with Gasteiger partial charge in [-0.15, -0.1) is 0 Å². The van der Waals surface area contributed by atoms with E-state index in [4.69, 9.17) is 14.2 Å². The smallest absolute Gasteiger partial charge is 0.358 e. The number of carboxylic acid groups (broad SMARTS) is 1. The number of esters is 1. The second-order valence-corrected chi connectivity index (χ2v) is 6.60. The number of carbonyl (C=O) groups excluding carboxylic acids is 1. The lowest BCUT2D eigenvalue weighted by atomic mass is 10.0. The van der Waals surface area contributed by atoms with Crippen LogP contribution in [0.2, 0.25) is 0 Å². The molecule has 7 heteroatoms. The van der Waals surface area contributed by atoms with E-state index < -0.39 is 11.9 Å². The lowest BCUT2D eigenvalue weighted by Crippen LogP contribution is -2.18. The summed E-state index contributed by atoms with van der Waals surface area (Å²) in [4.78, 5) is 26.1. The first-order valence-electron chi connectivity index (χ1n) is 9.50. The highest BCUT2D eigenvalue weighted by atomic mass is 16.5. The van der Waals surface area contributed by atoms with E-state index in [1.165, 1.54) is 32.1 Å². The second kappa shape index (κ2) is 10.1. The highest BCUT2D eigenvalue weighted by Gasteiger charge is 2.32. The molecule has 1 aliphatic heterocycles. The molecular weight excluding hydrogens is 338 g/mol. The molecule has 1 aliphatic rings. The molecule has 0 aliphatic carbocycles. The van der Waals surface area contributed by atoms with Crippen molar-refractivity contribution in [1.29, 1.82) is 0 Å². The predicted molar refractivity (Wildman–Crippen MR) is 96.2 cm³/mol. The number of aromatic nitrogens is 1. The maximum Gasteiger partial charge on any atom is 0.358 e. The number of carboxylic acids is 1. The molecule has 7 nitrogen and oxygen atoms in total. The lowest BCUT2D eigenvalue weighted by molar-refractivity contribution is 0.0515. The number of H-pyrrole nitrogens is 1. The van der Waals surface area contributed by atoms with Crippen LogP contribution in [0.4, 0.5) is 0 Å². The molecular formula is C19H29NO6. The van der Waals surface area contributed by atoms with Gasteiger partial charge in [-0.1, -0.05) is 45.4 Å². The van der Waals surface area contributed by atoms with Crippen LogP contribution < -0.4 is 9.47 Å². The minimum atomic E-state index is -1.20. The van der Waals surface area contributed by atoms with Crippen molar-refractivity contribution < 1.29 is 28.9 Å². The monoisotopic (exact) mass is 367 g/mol. The number of fused-ring (bicyclic) bond motifs is 1. The molecule has 1 atom stereocenters. The predicted octanol–water partition coefficient (Wildman–Crippen LogP) is 4.03. The van der Waals surface area contributed by atoms with E-state index in [0.717, 1.165) is 12.8 Å². The molecule has 26 heavy (non-hydrogen) atoms. The molecule has 0 amide bonds. The number of ether oxygens (including phenoxy) is 3. The Labute approximate surface area is 154 Å². The zero-order chi connectivity index (χ0) is 18.9. The van der Waals surface area contributed by atoms with Crippen molar-refractivity contribution in [2.24, 2.45) is 5.92 Å². The number of aromatic carboxylic acids is 1. The first-order valence-corrected chi connectivity index (χ1v) is 9.50. The zero-order valence-corrected chi connectivity index (χ0v) is 15.6. The molecule has 1 aromatic heterocycles. The van der Waals surface area contributed by atoms with Gasteiger partial charge in [-0.25, -0.2) is 9.59 Å². The van der Waals surface area contributed by atoms with Gasteiger partial charge in [0.05, 0.1) is 19.8 Å². The van der Waals surface area contributed by atoms with Crippen molar-refractivity contribution in [1.82, 2.24) is 4.98 Å². The number of nitrogens with one attached hydrogen (secondary N) is 1. The van der Waals surface area contributed by atoms with Gasteiger partial charge >= 0.3 is 11.9 Å². The minimum absolute atomic E-state index is 0.000495. The van der Waals surface area contributed by atoms with Crippen molar-refractivity contribution in [2.75, 3.05) is 19.8 Å². The largest absolute Gasteiger partial charge is 0.487 e. The summed E-state index contributed by atoms with van der Waals surface area (Å²) >= 11 is 0. The zero-order valence-electron chi connectivity index (χ0n) is 15.6. The Morgan fingerprint density at radius 2 is 1.65 bits per heavy atom. The number of carbonyl (C=O) groups is 2. The summed E-state index contributed by atoms with van der Waals surface area (Å²) < 4.78 is 16.4. The summed E-state index contributed by atoms with van der Waals surface area (Å²) in [5, 5.41) is 9.35. The Hall–Kier alpha value is -2.18. The van der Waals surface area contributed by atoms with Gasteiger partial charge in [0, 0.05) is 5.92 Å². The fourth-order valence-corrected chi connectivity index (χ4v) is 3.07. The van der Waals surface area contributed by atoms with Crippen molar-refractivity contribution >= 4 is 11.9 Å². The molecule has 1 aromatic rings. The van der Waals surface area contributed by atoms with Gasteiger partial charge in [-0.05, 0) is 13.3 Å². The van der Waals surface area contributed by atoms with Gasteiger partial charge < -0.3 is 24.3 Å². The van der Waals surface area contributed by atoms with Crippen molar-refractivity contribution in [3.05, 3.63) is 11.4 Å². The third-order valence-electron chi connectivity index (χ3n) is 4.50. The average molecular weight is 367 g/mol. The van der Waals surface area contributed by atoms with E-state index in [1.807, 2.05) is 0 Å². The van der Waals surface area contributed by atoms with Crippen LogP contribution in [-0.4, -0.2) is 41.8 Å². The number of rotatable bonds is 10. The van der Waals surface area contributed by atoms with Gasteiger partial charge in [-0.2, -0.15) is 0 Å². The summed E-state index contributed by atoms with van der Waals surface area (Å²) in [6, 6.07) is 0. The minimum Gasteiger partial charge on any atom is -0.487 e. The van der Waals surface area contributed by atoms with Crippen LogP contribution >= 0.6 is 0 Å². The average Bonchev–Trinajstić information content (AvgIpc) is 2.86. The van der Waals surface area contributed by atoms with Crippen LogP contribution in [0.1, 0.15) is 79.8 Å². The van der Waals surface area contributed by atoms with E-state index in [-0.39, 0.29) is 35.4 Å². The van der Waals surface area contributed by atoms with Gasteiger partial charge in [0.2, 0.25) is 0 Å². The molecule has 0 bridgehead atoms. The molecule has 1 unspecified atom stereocenters. The Morgan fingerprint density at radius 3 is 2.27 bits per heavy atom. The Balaban J connectivity index is 1.98. The SMILES string of the molecule is CCCCCCCCC1COc2c(C(=O)O)[nH]c(C(=O)OCC)c2OC1. The third kappa shape index (κ3) is 5.16. The summed E-state index contributed by atoms with van der Waals surface area (Å²) in [7, 11) is 0. The summed E-state index contributed by atoms with van der Waals surface area (Å²) in [5.74, 6) is -1.44. The lowest BCUT2D eigenvalue weighted by Gasteiger charge is -2.13. The Morgan fingerprint density at radius 1 is 1.04 bits per heavy atom. The molecule has 2 N–H and O–H groups in total. The maximum absolute atomic E-state index is 12.1. The first-order chi connectivity index (χ1) is 12.6. The third-order valence-corrected chi connectivity index (χ3v) is 4.50. The van der Waals surface area contributed by atoms with Crippen molar-refractivity contribution in [3.8, 4) is 11.5 Å². The quantitative estimate of drug-likeness (QED) is 0.479. The van der Waals surface area contributed by atoms with Gasteiger partial charge in [0.1, 0.15) is 0 Å². The number of hydrogen-bond donors (Lipinski definition) is 2. The Bertz CT molecular complexity index is 609. The van der Waals surface area contributed by atoms with Gasteiger partial charge in [-0.3, -0.25) is 0 Å². The second-order valence-electron chi connectivity index (χ2n) is 6.60. The van der Waals surface area contributed by atoms with E-state index in [2.05, 4.69) is 11.9 Å². The number of unbranched alkanes of at least 4 members (excludes halogenated alkanes) is 5. The Kier molecular flexibility index (Phi) is 7.81. The van der Waals surface area contributed by atoms with Gasteiger partial charge in [0.15, 0.2) is 22.9 Å². The maximum atomic E-state index is 12.1. The van der Waals surface area contributed by atoms with Gasteiger partial charge in [0.25, 0.3) is 0 Å². The van der Waals surface area contributed by atoms with Crippen LogP contribution in [-0.2, 0) is 4.74 Å². The van der Waals surface area contributed by atoms with E-state index in [0.29, 0.717) is 13.2 Å². The molecule has 2 heterocycles. The fourth-order valence-electron chi connectivity index (χ4n) is 3.07. The van der Waals surface area contributed by atoms with Crippen molar-refractivity contribution in [3.63, 3.8) is 0 Å². The molecule has 0 radical (unpaired) electrons. The molecule has 0 saturated heterocycles. The number of aromatic amines is 1. The molecule has 0 fully saturated rings. The van der Waals surface area contributed by atoms with E-state index >= 15 is 0 Å². The molecule has 0 spiro atoms. The molecule has 146 valence electrons. The van der Waals surface area contributed by atoms with Crippen molar-refractivity contribution in [2.45, 2.75) is 58.8 Å². The first kappa shape index (κ1) is 20.1. The molecule has 0 saturated carbocycles. The van der Waals surface area contributed by atoms with Crippen LogP contribution in [0, 0.1) is 5.92 Å². The van der Waals surface area contributed by atoms with Crippen LogP contribution in [0.5, 0.6) is 11.5 Å². The van der Waals surface area contributed by atoms with E-state index in [1.54, 1.807) is 6.92 Å². The molecule has 0 aromatic carbocycles. The highest BCUT2D eigenvalue weighted by molar-refractivity contribution is 5.98. The summed E-state index contributed by atoms with van der Waals surface area (Å²) in [6.07, 6.45) is 8.24.